The molecule has 1 heterocycles. The van der Waals surface area contributed by atoms with Gasteiger partial charge in [0.2, 0.25) is 0 Å². The van der Waals surface area contributed by atoms with Gasteiger partial charge in [-0.1, -0.05) is 23.9 Å². The van der Waals surface area contributed by atoms with Crippen molar-refractivity contribution < 1.29 is 0 Å². The van der Waals surface area contributed by atoms with Crippen molar-refractivity contribution in [2.45, 2.75) is 29.5 Å². The normalized spacial score (nSPS) is 21.0. The third kappa shape index (κ3) is 2.26. The number of nitrogen functional groups attached to an aromatic ring is 1. The molecular weight excluding hydrogens is 194 g/mol. The number of allylic oxidation sites excluding steroid dienone is 1. The molecule has 0 aliphatic heterocycles. The fourth-order valence-corrected chi connectivity index (χ4v) is 2.51. The lowest BCUT2D eigenvalue weighted by molar-refractivity contribution is 0.740. The molecule has 0 radical (unpaired) electrons. The maximum atomic E-state index is 5.72. The summed E-state index contributed by atoms with van der Waals surface area (Å²) in [6.45, 7) is 0. The molecule has 4 heteroatoms. The Hall–Kier alpha value is -1.03. The van der Waals surface area contributed by atoms with Crippen molar-refractivity contribution in [1.29, 1.82) is 0 Å². The van der Waals surface area contributed by atoms with E-state index in [9.17, 15) is 0 Å². The van der Waals surface area contributed by atoms with Crippen LogP contribution in [0.25, 0.3) is 0 Å². The summed E-state index contributed by atoms with van der Waals surface area (Å²) in [5, 5.41) is 1.37. The highest BCUT2D eigenvalue weighted by molar-refractivity contribution is 8.00. The maximum Gasteiger partial charge on any atom is 0.156 e. The molecule has 14 heavy (non-hydrogen) atoms. The van der Waals surface area contributed by atoms with Gasteiger partial charge in [0, 0.05) is 17.6 Å². The van der Waals surface area contributed by atoms with Gasteiger partial charge >= 0.3 is 0 Å². The van der Waals surface area contributed by atoms with Gasteiger partial charge in [0.1, 0.15) is 5.03 Å². The highest BCUT2D eigenvalue weighted by Gasteiger charge is 2.12. The van der Waals surface area contributed by atoms with Crippen LogP contribution < -0.4 is 5.73 Å². The third-order valence-electron chi connectivity index (χ3n) is 2.16. The first-order chi connectivity index (χ1) is 6.86. The Morgan fingerprint density at radius 3 is 2.93 bits per heavy atom. The molecule has 3 nitrogen and oxygen atoms in total. The zero-order valence-corrected chi connectivity index (χ0v) is 8.70. The molecule has 1 unspecified atom stereocenters. The van der Waals surface area contributed by atoms with Crippen LogP contribution in [-0.4, -0.2) is 15.2 Å². The van der Waals surface area contributed by atoms with Crippen LogP contribution in [0.5, 0.6) is 0 Å². The molecule has 0 aromatic carbocycles. The van der Waals surface area contributed by atoms with Crippen molar-refractivity contribution in [2.24, 2.45) is 0 Å². The number of hydrogen-bond donors (Lipinski definition) is 1. The van der Waals surface area contributed by atoms with Gasteiger partial charge in [0.25, 0.3) is 0 Å². The molecule has 0 saturated carbocycles. The molecule has 2 N–H and O–H groups in total. The number of nitrogens with zero attached hydrogens (tertiary/aromatic N) is 2. The quantitative estimate of drug-likeness (QED) is 0.756. The van der Waals surface area contributed by atoms with Gasteiger partial charge in [0.05, 0.1) is 0 Å². The number of aromatic nitrogens is 2. The molecule has 2 rings (SSSR count). The zero-order chi connectivity index (χ0) is 9.80. The molecular formula is C10H13N3S. The molecule has 1 aromatic rings. The van der Waals surface area contributed by atoms with E-state index in [2.05, 4.69) is 22.1 Å². The Labute approximate surface area is 87.8 Å². The van der Waals surface area contributed by atoms with Crippen molar-refractivity contribution in [3.05, 3.63) is 24.5 Å². The van der Waals surface area contributed by atoms with Crippen molar-refractivity contribution in [1.82, 2.24) is 9.97 Å². The summed E-state index contributed by atoms with van der Waals surface area (Å²) >= 11 is 1.71. The third-order valence-corrected chi connectivity index (χ3v) is 3.40. The van der Waals surface area contributed by atoms with Gasteiger partial charge < -0.3 is 5.73 Å². The van der Waals surface area contributed by atoms with Crippen LogP contribution in [0.4, 0.5) is 5.82 Å². The fraction of sp³-hybridized carbons (Fsp3) is 0.400. The first kappa shape index (κ1) is 9.52. The van der Waals surface area contributed by atoms with Crippen molar-refractivity contribution in [3.63, 3.8) is 0 Å². The predicted molar refractivity (Wildman–Crippen MR) is 59.1 cm³/mol. The van der Waals surface area contributed by atoms with Crippen LogP contribution in [0.3, 0.4) is 0 Å². The second kappa shape index (κ2) is 4.46. The largest absolute Gasteiger partial charge is 0.381 e. The fourth-order valence-electron chi connectivity index (χ4n) is 1.45. The summed E-state index contributed by atoms with van der Waals surface area (Å²) in [6, 6.07) is 0. The minimum Gasteiger partial charge on any atom is -0.381 e. The topological polar surface area (TPSA) is 51.8 Å². The summed E-state index contributed by atoms with van der Waals surface area (Å²) in [5.41, 5.74) is 5.72. The second-order valence-corrected chi connectivity index (χ2v) is 4.49. The summed E-state index contributed by atoms with van der Waals surface area (Å²) in [7, 11) is 0. The summed E-state index contributed by atoms with van der Waals surface area (Å²) in [6.07, 6.45) is 11.4. The molecule has 0 fully saturated rings. The van der Waals surface area contributed by atoms with E-state index in [0.29, 0.717) is 11.1 Å². The van der Waals surface area contributed by atoms with Crippen LogP contribution in [-0.2, 0) is 0 Å². The zero-order valence-electron chi connectivity index (χ0n) is 7.89. The maximum absolute atomic E-state index is 5.72. The van der Waals surface area contributed by atoms with E-state index >= 15 is 0 Å². The minimum absolute atomic E-state index is 0.516. The summed E-state index contributed by atoms with van der Waals surface area (Å²) in [4.78, 5) is 8.23. The predicted octanol–water partition coefficient (Wildman–Crippen LogP) is 2.26. The van der Waals surface area contributed by atoms with E-state index < -0.39 is 0 Å². The summed E-state index contributed by atoms with van der Waals surface area (Å²) in [5.74, 6) is 0.538. The lowest BCUT2D eigenvalue weighted by Gasteiger charge is -2.15. The van der Waals surface area contributed by atoms with Gasteiger partial charge in [-0.05, 0) is 19.3 Å². The highest BCUT2D eigenvalue weighted by Crippen LogP contribution is 2.30. The monoisotopic (exact) mass is 207 g/mol. The van der Waals surface area contributed by atoms with Crippen molar-refractivity contribution in [2.75, 3.05) is 5.73 Å². The first-order valence-electron chi connectivity index (χ1n) is 4.76. The molecule has 0 amide bonds. The number of anilines is 1. The van der Waals surface area contributed by atoms with Gasteiger partial charge in [-0.2, -0.15) is 0 Å². The Morgan fingerprint density at radius 1 is 1.36 bits per heavy atom. The van der Waals surface area contributed by atoms with E-state index in [4.69, 9.17) is 5.73 Å². The minimum atomic E-state index is 0.516. The molecule has 1 atom stereocenters. The number of nitrogens with two attached hydrogens (primary N) is 1. The van der Waals surface area contributed by atoms with E-state index in [1.807, 2.05) is 0 Å². The standard InChI is InChI=1S/C10H13N3S/c11-9-10(13-7-6-12-9)14-8-4-2-1-3-5-8/h2,4,6-8H,1,3,5H2,(H2,11,12). The highest BCUT2D eigenvalue weighted by atomic mass is 32.2. The van der Waals surface area contributed by atoms with E-state index in [-0.39, 0.29) is 0 Å². The lowest BCUT2D eigenvalue weighted by Crippen LogP contribution is -2.04. The molecule has 1 aliphatic carbocycles. The van der Waals surface area contributed by atoms with Crippen LogP contribution in [0.15, 0.2) is 29.6 Å². The molecule has 1 aliphatic rings. The Bertz CT molecular complexity index is 338. The van der Waals surface area contributed by atoms with Crippen LogP contribution in [0, 0.1) is 0 Å². The number of hydrogen-bond acceptors (Lipinski definition) is 4. The molecule has 74 valence electrons. The van der Waals surface area contributed by atoms with Crippen LogP contribution >= 0.6 is 11.8 Å². The van der Waals surface area contributed by atoms with Gasteiger partial charge in [-0.15, -0.1) is 0 Å². The van der Waals surface area contributed by atoms with Gasteiger partial charge in [-0.3, -0.25) is 0 Å². The van der Waals surface area contributed by atoms with Gasteiger partial charge in [0.15, 0.2) is 5.82 Å². The molecule has 1 aromatic heterocycles. The van der Waals surface area contributed by atoms with E-state index in [1.54, 1.807) is 24.2 Å². The van der Waals surface area contributed by atoms with Crippen LogP contribution in [0.1, 0.15) is 19.3 Å². The Balaban J connectivity index is 2.06. The van der Waals surface area contributed by atoms with E-state index in [1.165, 1.54) is 19.3 Å². The number of thioether (sulfide) groups is 1. The molecule has 0 spiro atoms. The Kier molecular flexibility index (Phi) is 3.03. The second-order valence-electron chi connectivity index (χ2n) is 3.26. The molecule has 0 saturated heterocycles. The SMILES string of the molecule is Nc1nccnc1SC1C=CCCC1. The van der Waals surface area contributed by atoms with Crippen LogP contribution in [0.2, 0.25) is 0 Å². The number of rotatable bonds is 2. The molecule has 0 bridgehead atoms. The van der Waals surface area contributed by atoms with Gasteiger partial charge in [-0.25, -0.2) is 9.97 Å². The smallest absolute Gasteiger partial charge is 0.156 e. The summed E-state index contributed by atoms with van der Waals surface area (Å²) < 4.78 is 0. The average molecular weight is 207 g/mol. The average Bonchev–Trinajstić information content (AvgIpc) is 2.23. The van der Waals surface area contributed by atoms with Crippen molar-refractivity contribution in [3.8, 4) is 0 Å². The van der Waals surface area contributed by atoms with E-state index in [0.717, 1.165) is 5.03 Å². The lowest BCUT2D eigenvalue weighted by atomic mass is 10.1. The first-order valence-corrected chi connectivity index (χ1v) is 5.64. The Morgan fingerprint density at radius 2 is 2.21 bits per heavy atom. The van der Waals surface area contributed by atoms with Crippen molar-refractivity contribution >= 4 is 17.6 Å².